The van der Waals surface area contributed by atoms with Crippen molar-refractivity contribution in [3.63, 3.8) is 0 Å². The van der Waals surface area contributed by atoms with Gasteiger partial charge in [-0.3, -0.25) is 0 Å². The van der Waals surface area contributed by atoms with Crippen LogP contribution in [0.5, 0.6) is 0 Å². The van der Waals surface area contributed by atoms with Gasteiger partial charge in [-0.25, -0.2) is 0 Å². The molecule has 3 nitrogen and oxygen atoms in total. The topological polar surface area (TPSA) is 36.6 Å². The van der Waals surface area contributed by atoms with Crippen molar-refractivity contribution < 1.29 is 9.52 Å². The van der Waals surface area contributed by atoms with Gasteiger partial charge in [-0.05, 0) is 45.0 Å². The van der Waals surface area contributed by atoms with Crippen molar-refractivity contribution in [2.45, 2.75) is 18.8 Å². The molecule has 102 valence electrons. The minimum absolute atomic E-state index is 0.206. The molecule has 2 aromatic rings. The lowest BCUT2D eigenvalue weighted by atomic mass is 9.80. The van der Waals surface area contributed by atoms with Gasteiger partial charge in [0.15, 0.2) is 0 Å². The number of furan rings is 1. The van der Waals surface area contributed by atoms with Crippen LogP contribution in [0, 0.1) is 5.92 Å². The minimum atomic E-state index is 0.206. The van der Waals surface area contributed by atoms with Crippen molar-refractivity contribution in [2.24, 2.45) is 5.92 Å². The zero-order valence-electron chi connectivity index (χ0n) is 11.4. The molecular formula is C16H21NO2. The Bertz CT molecular complexity index is 540. The van der Waals surface area contributed by atoms with Crippen molar-refractivity contribution in [3.8, 4) is 0 Å². The van der Waals surface area contributed by atoms with E-state index in [4.69, 9.17) is 4.42 Å². The van der Waals surface area contributed by atoms with Gasteiger partial charge in [0.25, 0.3) is 0 Å². The molecule has 1 N–H and O–H groups in total. The summed E-state index contributed by atoms with van der Waals surface area (Å²) in [5.41, 5.74) is 2.09. The second-order valence-electron chi connectivity index (χ2n) is 5.62. The number of para-hydroxylation sites is 1. The van der Waals surface area contributed by atoms with Crippen LogP contribution in [0.25, 0.3) is 11.0 Å². The zero-order valence-corrected chi connectivity index (χ0v) is 11.4. The number of aliphatic hydroxyl groups excluding tert-OH is 1. The zero-order chi connectivity index (χ0) is 13.2. The van der Waals surface area contributed by atoms with Gasteiger partial charge in [-0.1, -0.05) is 18.2 Å². The first-order chi connectivity index (χ1) is 9.29. The molecule has 1 unspecified atom stereocenters. The third kappa shape index (κ3) is 2.40. The molecule has 0 amide bonds. The van der Waals surface area contributed by atoms with E-state index in [1.807, 2.05) is 24.5 Å². The Morgan fingerprint density at radius 3 is 2.79 bits per heavy atom. The Kier molecular flexibility index (Phi) is 3.58. The van der Waals surface area contributed by atoms with E-state index < -0.39 is 0 Å². The van der Waals surface area contributed by atoms with Gasteiger partial charge >= 0.3 is 0 Å². The van der Waals surface area contributed by atoms with E-state index in [1.54, 1.807) is 0 Å². The molecule has 1 saturated heterocycles. The Labute approximate surface area is 113 Å². The van der Waals surface area contributed by atoms with Crippen LogP contribution in [0.15, 0.2) is 34.9 Å². The number of nitrogens with zero attached hydrogens (tertiary/aromatic N) is 1. The summed E-state index contributed by atoms with van der Waals surface area (Å²) >= 11 is 0. The van der Waals surface area contributed by atoms with Crippen LogP contribution in [0.2, 0.25) is 0 Å². The first-order valence-corrected chi connectivity index (χ1v) is 7.05. The van der Waals surface area contributed by atoms with E-state index in [2.05, 4.69) is 18.0 Å². The van der Waals surface area contributed by atoms with Crippen molar-refractivity contribution in [2.75, 3.05) is 26.7 Å². The van der Waals surface area contributed by atoms with Crippen LogP contribution in [-0.2, 0) is 0 Å². The fourth-order valence-electron chi connectivity index (χ4n) is 3.22. The third-order valence-corrected chi connectivity index (χ3v) is 4.44. The molecule has 1 aromatic carbocycles. The summed E-state index contributed by atoms with van der Waals surface area (Å²) < 4.78 is 5.62. The second kappa shape index (κ2) is 5.35. The monoisotopic (exact) mass is 259 g/mol. The molecule has 2 heterocycles. The second-order valence-corrected chi connectivity index (χ2v) is 5.62. The molecule has 3 rings (SSSR count). The number of aliphatic hydroxyl groups is 1. The Morgan fingerprint density at radius 1 is 1.32 bits per heavy atom. The smallest absolute Gasteiger partial charge is 0.134 e. The highest BCUT2D eigenvalue weighted by atomic mass is 16.3. The van der Waals surface area contributed by atoms with E-state index in [0.717, 1.165) is 36.9 Å². The molecule has 0 radical (unpaired) electrons. The van der Waals surface area contributed by atoms with Gasteiger partial charge in [0.2, 0.25) is 0 Å². The van der Waals surface area contributed by atoms with E-state index in [9.17, 15) is 5.11 Å². The van der Waals surface area contributed by atoms with E-state index in [-0.39, 0.29) is 12.5 Å². The third-order valence-electron chi connectivity index (χ3n) is 4.44. The van der Waals surface area contributed by atoms with Crippen molar-refractivity contribution >= 4 is 11.0 Å². The van der Waals surface area contributed by atoms with Crippen LogP contribution in [0.1, 0.15) is 24.3 Å². The van der Waals surface area contributed by atoms with E-state index >= 15 is 0 Å². The molecule has 1 aromatic heterocycles. The molecule has 19 heavy (non-hydrogen) atoms. The molecule has 1 aliphatic rings. The lowest BCUT2D eigenvalue weighted by Crippen LogP contribution is -2.33. The highest BCUT2D eigenvalue weighted by Gasteiger charge is 2.28. The molecule has 0 saturated carbocycles. The van der Waals surface area contributed by atoms with Crippen molar-refractivity contribution in [1.82, 2.24) is 4.90 Å². The SMILES string of the molecule is CN1CCC(C(CO)c2coc3ccccc23)CC1. The Balaban J connectivity index is 1.89. The molecular weight excluding hydrogens is 238 g/mol. The van der Waals surface area contributed by atoms with Crippen LogP contribution >= 0.6 is 0 Å². The quantitative estimate of drug-likeness (QED) is 0.921. The lowest BCUT2D eigenvalue weighted by Gasteiger charge is -2.33. The highest BCUT2D eigenvalue weighted by molar-refractivity contribution is 5.81. The summed E-state index contributed by atoms with van der Waals surface area (Å²) in [4.78, 5) is 2.36. The molecule has 0 bridgehead atoms. The average molecular weight is 259 g/mol. The molecule has 1 atom stereocenters. The summed E-state index contributed by atoms with van der Waals surface area (Å²) in [6, 6.07) is 8.09. The van der Waals surface area contributed by atoms with Crippen LogP contribution in [-0.4, -0.2) is 36.8 Å². The van der Waals surface area contributed by atoms with Crippen molar-refractivity contribution in [3.05, 3.63) is 36.1 Å². The Morgan fingerprint density at radius 2 is 2.05 bits per heavy atom. The summed E-state index contributed by atoms with van der Waals surface area (Å²) in [5.74, 6) is 0.763. The highest BCUT2D eigenvalue weighted by Crippen LogP contribution is 2.36. The van der Waals surface area contributed by atoms with Crippen LogP contribution < -0.4 is 0 Å². The summed E-state index contributed by atoms with van der Waals surface area (Å²) in [7, 11) is 2.16. The van der Waals surface area contributed by atoms with Gasteiger partial charge in [0, 0.05) is 16.9 Å². The average Bonchev–Trinajstić information content (AvgIpc) is 2.86. The summed E-state index contributed by atoms with van der Waals surface area (Å²) in [5, 5.41) is 11.0. The van der Waals surface area contributed by atoms with Gasteiger partial charge in [0.1, 0.15) is 5.58 Å². The van der Waals surface area contributed by atoms with Gasteiger partial charge in [-0.15, -0.1) is 0 Å². The number of piperidine rings is 1. The number of rotatable bonds is 3. The predicted molar refractivity (Wildman–Crippen MR) is 76.3 cm³/mol. The molecule has 1 fully saturated rings. The van der Waals surface area contributed by atoms with Crippen LogP contribution in [0.4, 0.5) is 0 Å². The fourth-order valence-corrected chi connectivity index (χ4v) is 3.22. The van der Waals surface area contributed by atoms with E-state index in [0.29, 0.717) is 5.92 Å². The predicted octanol–water partition coefficient (Wildman–Crippen LogP) is 2.85. The fraction of sp³-hybridized carbons (Fsp3) is 0.500. The van der Waals surface area contributed by atoms with Gasteiger partial charge in [-0.2, -0.15) is 0 Å². The number of benzene rings is 1. The minimum Gasteiger partial charge on any atom is -0.464 e. The van der Waals surface area contributed by atoms with E-state index in [1.165, 1.54) is 5.56 Å². The van der Waals surface area contributed by atoms with Crippen LogP contribution in [0.3, 0.4) is 0 Å². The molecule has 0 aliphatic carbocycles. The standard InChI is InChI=1S/C16H21NO2/c1-17-8-6-12(7-9-17)14(10-18)15-11-19-16-5-3-2-4-13(15)16/h2-5,11-12,14,18H,6-10H2,1H3. The summed E-state index contributed by atoms with van der Waals surface area (Å²) in [6.45, 7) is 2.45. The maximum atomic E-state index is 9.82. The largest absolute Gasteiger partial charge is 0.464 e. The number of fused-ring (bicyclic) bond motifs is 1. The Hall–Kier alpha value is -1.32. The maximum absolute atomic E-state index is 9.82. The van der Waals surface area contributed by atoms with Gasteiger partial charge < -0.3 is 14.4 Å². The van der Waals surface area contributed by atoms with Gasteiger partial charge in [0.05, 0.1) is 12.9 Å². The molecule has 1 aliphatic heterocycles. The molecule has 3 heteroatoms. The van der Waals surface area contributed by atoms with Crippen molar-refractivity contribution in [1.29, 1.82) is 0 Å². The number of hydrogen-bond acceptors (Lipinski definition) is 3. The maximum Gasteiger partial charge on any atom is 0.134 e. The number of hydrogen-bond donors (Lipinski definition) is 1. The lowest BCUT2D eigenvalue weighted by molar-refractivity contribution is 0.157. The normalized spacial score (nSPS) is 19.9. The first-order valence-electron chi connectivity index (χ1n) is 7.05. The number of likely N-dealkylation sites (tertiary alicyclic amines) is 1. The first kappa shape index (κ1) is 12.7. The summed E-state index contributed by atoms with van der Waals surface area (Å²) in [6.07, 6.45) is 4.15. The molecule has 0 spiro atoms.